The number of hydrogen-bond donors (Lipinski definition) is 1. The van der Waals surface area contributed by atoms with Crippen molar-refractivity contribution in [3.05, 3.63) is 78.6 Å². The summed E-state index contributed by atoms with van der Waals surface area (Å²) in [6.45, 7) is 5.90. The standard InChI is InChI=1S/C23H21ClN4O3S/c1-12-14(24)5-4-6-15(12)27-16-9-23(2,3)10-17(29)21(16)20(13(11-25)22(27)26)18-7-8-19(32-18)28(30)31/h4-8,20H,9-10,26H2,1-3H3/t20-/m1/s1. The zero-order valence-corrected chi connectivity index (χ0v) is 19.4. The van der Waals surface area contributed by atoms with Gasteiger partial charge in [0, 0.05) is 33.7 Å². The Hall–Kier alpha value is -3.15. The van der Waals surface area contributed by atoms with Crippen LogP contribution in [-0.2, 0) is 4.79 Å². The van der Waals surface area contributed by atoms with Crippen LogP contribution in [0.1, 0.15) is 43.0 Å². The van der Waals surface area contributed by atoms with Gasteiger partial charge in [0.05, 0.1) is 28.2 Å². The quantitative estimate of drug-likeness (QED) is 0.466. The number of carbonyl (C=O) groups is 1. The van der Waals surface area contributed by atoms with Gasteiger partial charge >= 0.3 is 5.00 Å². The zero-order valence-electron chi connectivity index (χ0n) is 17.8. The minimum absolute atomic E-state index is 0.0466. The molecule has 0 saturated carbocycles. The first kappa shape index (κ1) is 22.1. The lowest BCUT2D eigenvalue weighted by atomic mass is 9.69. The lowest BCUT2D eigenvalue weighted by Gasteiger charge is -2.43. The summed E-state index contributed by atoms with van der Waals surface area (Å²) >= 11 is 7.34. The van der Waals surface area contributed by atoms with Crippen LogP contribution in [-0.4, -0.2) is 10.7 Å². The molecular weight excluding hydrogens is 448 g/mol. The van der Waals surface area contributed by atoms with Gasteiger partial charge in [0.1, 0.15) is 5.82 Å². The van der Waals surface area contributed by atoms with Gasteiger partial charge in [0.15, 0.2) is 5.78 Å². The van der Waals surface area contributed by atoms with E-state index in [-0.39, 0.29) is 27.6 Å². The van der Waals surface area contributed by atoms with Crippen molar-refractivity contribution < 1.29 is 9.72 Å². The Morgan fingerprint density at radius 2 is 2.03 bits per heavy atom. The van der Waals surface area contributed by atoms with Crippen molar-refractivity contribution in [3.8, 4) is 6.07 Å². The molecule has 2 N–H and O–H groups in total. The van der Waals surface area contributed by atoms with Crippen molar-refractivity contribution in [1.82, 2.24) is 0 Å². The van der Waals surface area contributed by atoms with Gasteiger partial charge in [-0.2, -0.15) is 5.26 Å². The number of Topliss-reactive ketones (excluding diaryl/α,β-unsaturated/α-hetero) is 1. The normalized spacial score (nSPS) is 20.3. The molecule has 1 aromatic heterocycles. The van der Waals surface area contributed by atoms with E-state index < -0.39 is 10.8 Å². The third-order valence-corrected chi connectivity index (χ3v) is 7.45. The van der Waals surface area contributed by atoms with Crippen molar-refractivity contribution in [1.29, 1.82) is 5.26 Å². The molecule has 32 heavy (non-hydrogen) atoms. The highest BCUT2D eigenvalue weighted by atomic mass is 35.5. The predicted molar refractivity (Wildman–Crippen MR) is 124 cm³/mol. The van der Waals surface area contributed by atoms with Gasteiger partial charge in [0.25, 0.3) is 0 Å². The zero-order chi connectivity index (χ0) is 23.4. The van der Waals surface area contributed by atoms with E-state index in [9.17, 15) is 20.2 Å². The Bertz CT molecular complexity index is 1270. The minimum Gasteiger partial charge on any atom is -0.384 e. The van der Waals surface area contributed by atoms with Crippen LogP contribution < -0.4 is 10.6 Å². The second-order valence-corrected chi connectivity index (χ2v) is 10.3. The summed E-state index contributed by atoms with van der Waals surface area (Å²) in [7, 11) is 0. The maximum Gasteiger partial charge on any atom is 0.324 e. The van der Waals surface area contributed by atoms with Crippen LogP contribution in [0.3, 0.4) is 0 Å². The number of carbonyl (C=O) groups excluding carboxylic acids is 1. The van der Waals surface area contributed by atoms with Crippen LogP contribution in [0.2, 0.25) is 5.02 Å². The Morgan fingerprint density at radius 3 is 2.66 bits per heavy atom. The molecule has 2 aliphatic rings. The SMILES string of the molecule is Cc1c(Cl)cccc1N1C(N)=C(C#N)[C@H](c2ccc([N+](=O)[O-])s2)C2=C1CC(C)(C)CC2=O. The third-order valence-electron chi connectivity index (χ3n) is 5.94. The molecule has 164 valence electrons. The number of thiophene rings is 1. The fourth-order valence-corrected chi connectivity index (χ4v) is 5.61. The van der Waals surface area contributed by atoms with Gasteiger partial charge < -0.3 is 5.73 Å². The number of allylic oxidation sites excluding steroid dienone is 3. The Morgan fingerprint density at radius 1 is 1.31 bits per heavy atom. The van der Waals surface area contributed by atoms with Gasteiger partial charge in [-0.3, -0.25) is 19.8 Å². The number of benzene rings is 1. The van der Waals surface area contributed by atoms with Gasteiger partial charge in [-0.05, 0) is 42.5 Å². The lowest BCUT2D eigenvalue weighted by molar-refractivity contribution is -0.380. The molecule has 0 radical (unpaired) electrons. The number of ketones is 1. The van der Waals surface area contributed by atoms with Gasteiger partial charge in [-0.15, -0.1) is 0 Å². The Balaban J connectivity index is 2.02. The van der Waals surface area contributed by atoms with E-state index in [0.29, 0.717) is 39.7 Å². The molecule has 0 fully saturated rings. The number of nitro groups is 1. The number of hydrogen-bond acceptors (Lipinski definition) is 7. The summed E-state index contributed by atoms with van der Waals surface area (Å²) in [5, 5.41) is 21.8. The van der Waals surface area contributed by atoms with Crippen LogP contribution in [0, 0.1) is 33.8 Å². The number of halogens is 1. The molecule has 2 heterocycles. The molecule has 1 aliphatic heterocycles. The molecule has 2 aromatic rings. The summed E-state index contributed by atoms with van der Waals surface area (Å²) in [5.74, 6) is -0.599. The second kappa shape index (κ2) is 7.76. The molecule has 1 aliphatic carbocycles. The molecule has 4 rings (SSSR count). The van der Waals surface area contributed by atoms with Crippen molar-refractivity contribution in [2.24, 2.45) is 11.1 Å². The first-order chi connectivity index (χ1) is 15.1. The second-order valence-electron chi connectivity index (χ2n) is 8.80. The highest BCUT2D eigenvalue weighted by Gasteiger charge is 2.45. The van der Waals surface area contributed by atoms with Gasteiger partial charge in [0.2, 0.25) is 0 Å². The molecule has 7 nitrogen and oxygen atoms in total. The number of rotatable bonds is 3. The van der Waals surface area contributed by atoms with E-state index in [1.54, 1.807) is 23.1 Å². The summed E-state index contributed by atoms with van der Waals surface area (Å²) < 4.78 is 0. The molecule has 1 atom stereocenters. The monoisotopic (exact) mass is 468 g/mol. The molecule has 0 bridgehead atoms. The van der Waals surface area contributed by atoms with E-state index in [0.717, 1.165) is 16.9 Å². The van der Waals surface area contributed by atoms with Crippen molar-refractivity contribution in [2.45, 2.75) is 39.5 Å². The number of nitrogens with two attached hydrogens (primary N) is 1. The minimum atomic E-state index is -0.729. The molecule has 0 amide bonds. The molecular formula is C23H21ClN4O3S. The first-order valence-electron chi connectivity index (χ1n) is 10.0. The lowest BCUT2D eigenvalue weighted by Crippen LogP contribution is -2.42. The molecule has 9 heteroatoms. The highest BCUT2D eigenvalue weighted by Crippen LogP contribution is 2.52. The summed E-state index contributed by atoms with van der Waals surface area (Å²) in [4.78, 5) is 26.6. The van der Waals surface area contributed by atoms with Crippen LogP contribution in [0.5, 0.6) is 0 Å². The van der Waals surface area contributed by atoms with E-state index in [4.69, 9.17) is 17.3 Å². The van der Waals surface area contributed by atoms with Gasteiger partial charge in [-0.1, -0.05) is 42.9 Å². The average molecular weight is 469 g/mol. The fourth-order valence-electron chi connectivity index (χ4n) is 4.50. The molecule has 0 saturated heterocycles. The third kappa shape index (κ3) is 3.48. The van der Waals surface area contributed by atoms with E-state index in [2.05, 4.69) is 6.07 Å². The Kier molecular flexibility index (Phi) is 5.35. The predicted octanol–water partition coefficient (Wildman–Crippen LogP) is 5.56. The van der Waals surface area contributed by atoms with Crippen LogP contribution in [0.15, 0.2) is 53.0 Å². The smallest absolute Gasteiger partial charge is 0.324 e. The van der Waals surface area contributed by atoms with E-state index >= 15 is 0 Å². The van der Waals surface area contributed by atoms with Gasteiger partial charge in [-0.25, -0.2) is 0 Å². The van der Waals surface area contributed by atoms with Crippen LogP contribution >= 0.6 is 22.9 Å². The van der Waals surface area contributed by atoms with Crippen molar-refractivity contribution >= 4 is 39.4 Å². The van der Waals surface area contributed by atoms with E-state index in [1.807, 2.05) is 26.8 Å². The average Bonchev–Trinajstić information content (AvgIpc) is 3.19. The topological polar surface area (TPSA) is 113 Å². The van der Waals surface area contributed by atoms with Crippen LogP contribution in [0.25, 0.3) is 0 Å². The number of nitriles is 1. The molecule has 0 unspecified atom stereocenters. The fraction of sp³-hybridized carbons (Fsp3) is 0.304. The highest BCUT2D eigenvalue weighted by molar-refractivity contribution is 7.15. The first-order valence-corrected chi connectivity index (χ1v) is 11.2. The largest absolute Gasteiger partial charge is 0.384 e. The van der Waals surface area contributed by atoms with Crippen molar-refractivity contribution in [2.75, 3.05) is 4.90 Å². The summed E-state index contributed by atoms with van der Waals surface area (Å²) in [6.07, 6.45) is 0.875. The van der Waals surface area contributed by atoms with Crippen molar-refractivity contribution in [3.63, 3.8) is 0 Å². The van der Waals surface area contributed by atoms with E-state index in [1.165, 1.54) is 6.07 Å². The molecule has 0 spiro atoms. The summed E-state index contributed by atoms with van der Waals surface area (Å²) in [6, 6.07) is 10.6. The number of anilines is 1. The maximum absolute atomic E-state index is 13.5. The molecule has 1 aromatic carbocycles. The maximum atomic E-state index is 13.5. The number of nitrogens with zero attached hydrogens (tertiary/aromatic N) is 3. The van der Waals surface area contributed by atoms with Crippen LogP contribution in [0.4, 0.5) is 10.7 Å². The Labute approximate surface area is 194 Å². The summed E-state index contributed by atoms with van der Waals surface area (Å²) in [5.41, 5.74) is 9.16.